The van der Waals surface area contributed by atoms with Crippen LogP contribution in [0.2, 0.25) is 0 Å². The fourth-order valence-corrected chi connectivity index (χ4v) is 4.38. The highest BCUT2D eigenvalue weighted by atomic mass is 79.9. The molecule has 1 amide bonds. The lowest BCUT2D eigenvalue weighted by Crippen LogP contribution is -2.32. The molecule has 1 aliphatic rings. The molecule has 0 bridgehead atoms. The van der Waals surface area contributed by atoms with E-state index in [1.807, 2.05) is 6.07 Å². The van der Waals surface area contributed by atoms with E-state index in [9.17, 15) is 14.4 Å². The van der Waals surface area contributed by atoms with Crippen LogP contribution in [-0.2, 0) is 16.1 Å². The zero-order valence-corrected chi connectivity index (χ0v) is 19.4. The molecule has 2 heterocycles. The van der Waals surface area contributed by atoms with Crippen molar-refractivity contribution in [2.45, 2.75) is 33.2 Å². The Morgan fingerprint density at radius 1 is 1.32 bits per heavy atom. The number of carboxylic acids is 1. The lowest BCUT2D eigenvalue weighted by Gasteiger charge is -2.24. The number of carboxylic acid groups (broad SMARTS) is 1. The van der Waals surface area contributed by atoms with Crippen molar-refractivity contribution in [3.8, 4) is 0 Å². The van der Waals surface area contributed by atoms with Crippen LogP contribution >= 0.6 is 27.7 Å². The highest BCUT2D eigenvalue weighted by Gasteiger charge is 2.25. The minimum atomic E-state index is -0.973. The van der Waals surface area contributed by atoms with Gasteiger partial charge in [0.2, 0.25) is 11.0 Å². The van der Waals surface area contributed by atoms with Gasteiger partial charge in [0.1, 0.15) is 11.6 Å². The Morgan fingerprint density at radius 3 is 2.81 bits per heavy atom. The molecule has 0 saturated heterocycles. The molecule has 0 radical (unpaired) electrons. The van der Waals surface area contributed by atoms with E-state index in [0.717, 1.165) is 21.8 Å². The number of aromatic nitrogens is 2. The van der Waals surface area contributed by atoms with E-state index in [2.05, 4.69) is 31.2 Å². The normalized spacial score (nSPS) is 14.3. The van der Waals surface area contributed by atoms with Gasteiger partial charge < -0.3 is 15.3 Å². The molecule has 1 aliphatic heterocycles. The molecule has 0 saturated carbocycles. The van der Waals surface area contributed by atoms with Gasteiger partial charge in [-0.2, -0.15) is 0 Å². The van der Waals surface area contributed by atoms with Crippen molar-refractivity contribution in [1.82, 2.24) is 14.9 Å². The number of nitrogens with zero attached hydrogens (tertiary/aromatic N) is 3. The van der Waals surface area contributed by atoms with Gasteiger partial charge in [0.05, 0.1) is 13.1 Å². The molecule has 0 aliphatic carbocycles. The number of benzene rings is 1. The van der Waals surface area contributed by atoms with Crippen molar-refractivity contribution < 1.29 is 19.5 Å². The summed E-state index contributed by atoms with van der Waals surface area (Å²) in [5.74, 6) is 0.0215. The van der Waals surface area contributed by atoms with Crippen molar-refractivity contribution >= 4 is 50.5 Å². The van der Waals surface area contributed by atoms with Crippen LogP contribution in [0.1, 0.15) is 41.5 Å². The van der Waals surface area contributed by atoms with Gasteiger partial charge in [-0.25, -0.2) is 9.97 Å². The van der Waals surface area contributed by atoms with Crippen LogP contribution in [0.15, 0.2) is 45.5 Å². The van der Waals surface area contributed by atoms with E-state index in [4.69, 9.17) is 5.11 Å². The number of fused-ring (bicyclic) bond motifs is 1. The Morgan fingerprint density at radius 2 is 2.10 bits per heavy atom. The molecular formula is C21H21BrN4O4S. The Balaban J connectivity index is 1.93. The van der Waals surface area contributed by atoms with Crippen molar-refractivity contribution in [2.24, 2.45) is 0 Å². The van der Waals surface area contributed by atoms with Crippen molar-refractivity contribution in [3.05, 3.63) is 62.5 Å². The number of carbonyl (C=O) groups is 3. The number of aliphatic carboxylic acids is 1. The van der Waals surface area contributed by atoms with E-state index >= 15 is 0 Å². The number of thioether (sulfide) groups is 1. The molecule has 1 aromatic carbocycles. The van der Waals surface area contributed by atoms with E-state index in [1.165, 1.54) is 0 Å². The summed E-state index contributed by atoms with van der Waals surface area (Å²) >= 11 is 4.31. The van der Waals surface area contributed by atoms with Gasteiger partial charge in [-0.3, -0.25) is 14.4 Å². The van der Waals surface area contributed by atoms with E-state index in [1.54, 1.807) is 43.1 Å². The molecule has 0 fully saturated rings. The average molecular weight is 505 g/mol. The van der Waals surface area contributed by atoms with Gasteiger partial charge in [0, 0.05) is 38.8 Å². The number of amides is 1. The Bertz CT molecular complexity index is 1070. The third kappa shape index (κ3) is 5.92. The van der Waals surface area contributed by atoms with Crippen molar-refractivity contribution in [3.63, 3.8) is 0 Å². The summed E-state index contributed by atoms with van der Waals surface area (Å²) in [5, 5.41) is 12.0. The van der Waals surface area contributed by atoms with Crippen LogP contribution in [0, 0.1) is 6.92 Å². The lowest BCUT2D eigenvalue weighted by atomic mass is 10.2. The number of halogens is 1. The van der Waals surface area contributed by atoms with Gasteiger partial charge in [0.25, 0.3) is 0 Å². The number of hydrogen-bond donors (Lipinski definition) is 2. The van der Waals surface area contributed by atoms with Crippen LogP contribution in [0.4, 0.5) is 5.82 Å². The predicted octanol–water partition coefficient (Wildman–Crippen LogP) is 3.97. The number of anilines is 1. The summed E-state index contributed by atoms with van der Waals surface area (Å²) < 4.78 is 0.771. The summed E-state index contributed by atoms with van der Waals surface area (Å²) in [6, 6.07) is 6.98. The Hall–Kier alpha value is -2.72. The highest BCUT2D eigenvalue weighted by Crippen LogP contribution is 2.32. The number of hydrogen-bond acceptors (Lipinski definition) is 7. The standard InChI is InChI=1S/C21H21BrN4O4S/c1-12(26-11-15-9-23-13(2)25-20(15)24-10-18(26)27)17(6-7-19(28)29)31-21(30)14-4-3-5-16(22)8-14/h3-5,8-9H,6-7,10-11H2,1-2H3,(H,28,29)(H,23,24,25)/b17-12-. The fraction of sp³-hybridized carbons (Fsp3) is 0.286. The largest absolute Gasteiger partial charge is 0.481 e. The molecule has 1 aromatic heterocycles. The number of nitrogens with one attached hydrogen (secondary N) is 1. The van der Waals surface area contributed by atoms with Gasteiger partial charge in [-0.15, -0.1) is 0 Å². The van der Waals surface area contributed by atoms with Gasteiger partial charge in [-0.1, -0.05) is 28.1 Å². The van der Waals surface area contributed by atoms with Gasteiger partial charge in [0.15, 0.2) is 0 Å². The molecule has 8 nitrogen and oxygen atoms in total. The predicted molar refractivity (Wildman–Crippen MR) is 121 cm³/mol. The van der Waals surface area contributed by atoms with Crippen LogP contribution < -0.4 is 5.32 Å². The minimum Gasteiger partial charge on any atom is -0.481 e. The molecule has 3 rings (SSSR count). The minimum absolute atomic E-state index is 0.0389. The average Bonchev–Trinajstić information content (AvgIpc) is 2.89. The van der Waals surface area contributed by atoms with Crippen LogP contribution in [0.5, 0.6) is 0 Å². The summed E-state index contributed by atoms with van der Waals surface area (Å²) in [5.41, 5.74) is 1.78. The van der Waals surface area contributed by atoms with E-state index in [0.29, 0.717) is 27.8 Å². The van der Waals surface area contributed by atoms with Gasteiger partial charge in [-0.05, 0) is 44.2 Å². The second-order valence-electron chi connectivity index (χ2n) is 6.93. The molecule has 10 heteroatoms. The van der Waals surface area contributed by atoms with Crippen LogP contribution in [-0.4, -0.2) is 43.5 Å². The monoisotopic (exact) mass is 504 g/mol. The van der Waals surface area contributed by atoms with Crippen LogP contribution in [0.3, 0.4) is 0 Å². The maximum atomic E-state index is 12.8. The first-order valence-electron chi connectivity index (χ1n) is 9.50. The number of allylic oxidation sites excluding steroid dienone is 2. The second-order valence-corrected chi connectivity index (χ2v) is 8.91. The molecule has 0 atom stereocenters. The van der Waals surface area contributed by atoms with E-state index in [-0.39, 0.29) is 37.0 Å². The quantitative estimate of drug-likeness (QED) is 0.607. The smallest absolute Gasteiger partial charge is 0.303 e. The molecular weight excluding hydrogens is 484 g/mol. The molecule has 162 valence electrons. The third-order valence-electron chi connectivity index (χ3n) is 4.67. The summed E-state index contributed by atoms with van der Waals surface area (Å²) in [7, 11) is 0. The first kappa shape index (κ1) is 23.0. The number of carbonyl (C=O) groups excluding carboxylic acids is 2. The SMILES string of the molecule is C/C(=C(\CCC(=O)O)SC(=O)c1cccc(Br)c1)N1Cc2cnc(C)nc2NCC1=O. The molecule has 2 N–H and O–H groups in total. The first-order chi connectivity index (χ1) is 14.7. The fourth-order valence-electron chi connectivity index (χ4n) is 3.05. The summed E-state index contributed by atoms with van der Waals surface area (Å²) in [4.78, 5) is 47.5. The number of rotatable bonds is 6. The first-order valence-corrected chi connectivity index (χ1v) is 11.1. The second kappa shape index (κ2) is 10.1. The zero-order chi connectivity index (χ0) is 22.5. The summed E-state index contributed by atoms with van der Waals surface area (Å²) in [6.45, 7) is 3.77. The molecule has 2 aromatic rings. The van der Waals surface area contributed by atoms with Crippen molar-refractivity contribution in [2.75, 3.05) is 11.9 Å². The summed E-state index contributed by atoms with van der Waals surface area (Å²) in [6.07, 6.45) is 1.66. The third-order valence-corrected chi connectivity index (χ3v) is 6.33. The molecule has 0 spiro atoms. The molecule has 0 unspecified atom stereocenters. The topological polar surface area (TPSA) is 112 Å². The zero-order valence-electron chi connectivity index (χ0n) is 17.0. The van der Waals surface area contributed by atoms with Crippen molar-refractivity contribution in [1.29, 1.82) is 0 Å². The van der Waals surface area contributed by atoms with E-state index < -0.39 is 5.97 Å². The Kier molecular flexibility index (Phi) is 7.45. The Labute approximate surface area is 192 Å². The maximum Gasteiger partial charge on any atom is 0.303 e. The highest BCUT2D eigenvalue weighted by molar-refractivity contribution is 9.10. The van der Waals surface area contributed by atoms with Crippen LogP contribution in [0.25, 0.3) is 0 Å². The van der Waals surface area contributed by atoms with Gasteiger partial charge >= 0.3 is 5.97 Å². The molecule has 31 heavy (non-hydrogen) atoms. The maximum absolute atomic E-state index is 12.8. The number of aryl methyl sites for hydroxylation is 1. The lowest BCUT2D eigenvalue weighted by molar-refractivity contribution is -0.136.